The van der Waals surface area contributed by atoms with Crippen LogP contribution in [-0.4, -0.2) is 15.9 Å². The summed E-state index contributed by atoms with van der Waals surface area (Å²) in [6.07, 6.45) is 0. The standard InChI is InChI=1S/C19H15N3OS/c23-19(16-11-6-12-24-16)22-17(13-7-2-1-3-8-13)18-20-14-9-4-5-10-15(14)21-18/h1-12,17H,(H,20,21)(H,22,23). The lowest BCUT2D eigenvalue weighted by Crippen LogP contribution is -2.29. The van der Waals surface area contributed by atoms with Crippen LogP contribution in [0.2, 0.25) is 0 Å². The van der Waals surface area contributed by atoms with Gasteiger partial charge in [-0.1, -0.05) is 48.5 Å². The van der Waals surface area contributed by atoms with E-state index in [1.165, 1.54) is 11.3 Å². The fraction of sp³-hybridized carbons (Fsp3) is 0.0526. The van der Waals surface area contributed by atoms with E-state index in [4.69, 9.17) is 0 Å². The highest BCUT2D eigenvalue weighted by atomic mass is 32.1. The van der Waals surface area contributed by atoms with Crippen LogP contribution in [0, 0.1) is 0 Å². The minimum atomic E-state index is -0.326. The summed E-state index contributed by atoms with van der Waals surface area (Å²) in [5.74, 6) is 0.631. The Balaban J connectivity index is 1.74. The van der Waals surface area contributed by atoms with Crippen LogP contribution in [-0.2, 0) is 0 Å². The number of carbonyl (C=O) groups excluding carboxylic acids is 1. The van der Waals surface area contributed by atoms with Gasteiger partial charge >= 0.3 is 0 Å². The zero-order valence-electron chi connectivity index (χ0n) is 12.8. The molecule has 0 aliphatic carbocycles. The van der Waals surface area contributed by atoms with Gasteiger partial charge in [0.1, 0.15) is 11.9 Å². The molecule has 118 valence electrons. The number of rotatable bonds is 4. The number of aromatic nitrogens is 2. The molecule has 0 aliphatic rings. The van der Waals surface area contributed by atoms with E-state index in [9.17, 15) is 4.79 Å². The van der Waals surface area contributed by atoms with Crippen molar-refractivity contribution in [3.63, 3.8) is 0 Å². The highest BCUT2D eigenvalue weighted by Gasteiger charge is 2.21. The Hall–Kier alpha value is -2.92. The maximum Gasteiger partial charge on any atom is 0.262 e. The van der Waals surface area contributed by atoms with E-state index in [0.29, 0.717) is 4.88 Å². The Kier molecular flexibility index (Phi) is 3.84. The molecule has 24 heavy (non-hydrogen) atoms. The van der Waals surface area contributed by atoms with Crippen LogP contribution in [0.4, 0.5) is 0 Å². The van der Waals surface area contributed by atoms with Crippen LogP contribution in [0.1, 0.15) is 27.1 Å². The Labute approximate surface area is 143 Å². The predicted molar refractivity (Wildman–Crippen MR) is 96.2 cm³/mol. The first kappa shape index (κ1) is 14.7. The molecule has 0 aliphatic heterocycles. The van der Waals surface area contributed by atoms with Gasteiger partial charge in [0, 0.05) is 0 Å². The van der Waals surface area contributed by atoms with Gasteiger partial charge in [0.15, 0.2) is 0 Å². The van der Waals surface area contributed by atoms with Gasteiger partial charge in [-0.3, -0.25) is 4.79 Å². The monoisotopic (exact) mass is 333 g/mol. The summed E-state index contributed by atoms with van der Waals surface area (Å²) in [5.41, 5.74) is 2.83. The minimum Gasteiger partial charge on any atom is -0.340 e. The van der Waals surface area contributed by atoms with Gasteiger partial charge in [0.25, 0.3) is 5.91 Å². The number of benzene rings is 2. The molecule has 4 aromatic rings. The quantitative estimate of drug-likeness (QED) is 0.589. The minimum absolute atomic E-state index is 0.0979. The van der Waals surface area contributed by atoms with Crippen molar-refractivity contribution in [3.05, 3.63) is 88.4 Å². The van der Waals surface area contributed by atoms with Crippen molar-refractivity contribution in [2.24, 2.45) is 0 Å². The Bertz CT molecular complexity index is 928. The fourth-order valence-corrected chi connectivity index (χ4v) is 3.30. The molecule has 1 amide bonds. The van der Waals surface area contributed by atoms with Gasteiger partial charge in [0.05, 0.1) is 15.9 Å². The molecule has 2 N–H and O–H groups in total. The molecular weight excluding hydrogens is 318 g/mol. The third kappa shape index (κ3) is 2.81. The van der Waals surface area contributed by atoms with Crippen molar-refractivity contribution in [1.82, 2.24) is 15.3 Å². The normalized spacial score (nSPS) is 12.2. The fourth-order valence-electron chi connectivity index (χ4n) is 2.67. The van der Waals surface area contributed by atoms with Crippen molar-refractivity contribution < 1.29 is 4.79 Å². The number of imidazole rings is 1. The summed E-state index contributed by atoms with van der Waals surface area (Å²) < 4.78 is 0. The first-order valence-electron chi connectivity index (χ1n) is 7.65. The largest absolute Gasteiger partial charge is 0.340 e. The molecule has 2 aromatic heterocycles. The lowest BCUT2D eigenvalue weighted by molar-refractivity contribution is 0.0946. The van der Waals surface area contributed by atoms with Crippen LogP contribution in [0.5, 0.6) is 0 Å². The number of nitrogens with zero attached hydrogens (tertiary/aromatic N) is 1. The number of thiophene rings is 1. The summed E-state index contributed by atoms with van der Waals surface area (Å²) in [6, 6.07) is 21.1. The van der Waals surface area contributed by atoms with Crippen LogP contribution < -0.4 is 5.32 Å². The average Bonchev–Trinajstić information content (AvgIpc) is 3.29. The van der Waals surface area contributed by atoms with Crippen molar-refractivity contribution in [2.75, 3.05) is 0 Å². The van der Waals surface area contributed by atoms with E-state index in [2.05, 4.69) is 15.3 Å². The number of H-pyrrole nitrogens is 1. The van der Waals surface area contributed by atoms with E-state index >= 15 is 0 Å². The Morgan fingerprint density at radius 3 is 2.54 bits per heavy atom. The SMILES string of the molecule is O=C(NC(c1ccccc1)c1nc2ccccc2[nH]1)c1cccs1. The third-order valence-electron chi connectivity index (χ3n) is 3.83. The van der Waals surface area contributed by atoms with Crippen LogP contribution in [0.25, 0.3) is 11.0 Å². The van der Waals surface area contributed by atoms with E-state index in [0.717, 1.165) is 22.4 Å². The lowest BCUT2D eigenvalue weighted by Gasteiger charge is -2.16. The molecule has 5 heteroatoms. The number of amides is 1. The van der Waals surface area contributed by atoms with E-state index in [1.807, 2.05) is 72.1 Å². The van der Waals surface area contributed by atoms with E-state index in [1.54, 1.807) is 0 Å². The van der Waals surface area contributed by atoms with Crippen molar-refractivity contribution in [1.29, 1.82) is 0 Å². The third-order valence-corrected chi connectivity index (χ3v) is 4.70. The molecule has 0 spiro atoms. The number of fused-ring (bicyclic) bond motifs is 1. The number of aromatic amines is 1. The molecule has 0 fully saturated rings. The predicted octanol–water partition coefficient (Wildman–Crippen LogP) is 4.14. The lowest BCUT2D eigenvalue weighted by atomic mass is 10.1. The molecular formula is C19H15N3OS. The molecule has 0 bridgehead atoms. The maximum atomic E-state index is 12.5. The second-order valence-corrected chi connectivity index (χ2v) is 6.38. The summed E-state index contributed by atoms with van der Waals surface area (Å²) in [6.45, 7) is 0. The molecule has 4 nitrogen and oxygen atoms in total. The summed E-state index contributed by atoms with van der Waals surface area (Å²) >= 11 is 1.43. The zero-order chi connectivity index (χ0) is 16.4. The second-order valence-electron chi connectivity index (χ2n) is 5.43. The molecule has 1 atom stereocenters. The topological polar surface area (TPSA) is 57.8 Å². The summed E-state index contributed by atoms with van der Waals surface area (Å²) in [7, 11) is 0. The molecule has 2 aromatic carbocycles. The first-order valence-corrected chi connectivity index (χ1v) is 8.53. The summed E-state index contributed by atoms with van der Waals surface area (Å²) in [4.78, 5) is 21.2. The first-order chi connectivity index (χ1) is 11.8. The highest BCUT2D eigenvalue weighted by Crippen LogP contribution is 2.23. The van der Waals surface area contributed by atoms with Gasteiger partial charge < -0.3 is 10.3 Å². The molecule has 0 radical (unpaired) electrons. The molecule has 1 unspecified atom stereocenters. The number of hydrogen-bond acceptors (Lipinski definition) is 3. The summed E-state index contributed by atoms with van der Waals surface area (Å²) in [5, 5.41) is 4.99. The number of hydrogen-bond donors (Lipinski definition) is 2. The molecule has 0 saturated carbocycles. The van der Waals surface area contributed by atoms with Crippen LogP contribution in [0.3, 0.4) is 0 Å². The van der Waals surface area contributed by atoms with Gasteiger partial charge in [0.2, 0.25) is 0 Å². The number of nitrogens with one attached hydrogen (secondary N) is 2. The van der Waals surface area contributed by atoms with Crippen molar-refractivity contribution in [3.8, 4) is 0 Å². The van der Waals surface area contributed by atoms with Crippen molar-refractivity contribution in [2.45, 2.75) is 6.04 Å². The maximum absolute atomic E-state index is 12.5. The average molecular weight is 333 g/mol. The van der Waals surface area contributed by atoms with Gasteiger partial charge in [-0.25, -0.2) is 4.98 Å². The van der Waals surface area contributed by atoms with Gasteiger partial charge in [-0.15, -0.1) is 11.3 Å². The molecule has 2 heterocycles. The Morgan fingerprint density at radius 2 is 1.79 bits per heavy atom. The van der Waals surface area contributed by atoms with Gasteiger partial charge in [-0.2, -0.15) is 0 Å². The van der Waals surface area contributed by atoms with E-state index < -0.39 is 0 Å². The number of para-hydroxylation sites is 2. The second kappa shape index (κ2) is 6.29. The highest BCUT2D eigenvalue weighted by molar-refractivity contribution is 7.12. The van der Waals surface area contributed by atoms with E-state index in [-0.39, 0.29) is 11.9 Å². The van der Waals surface area contributed by atoms with Crippen LogP contribution in [0.15, 0.2) is 72.1 Å². The number of carbonyl (C=O) groups is 1. The smallest absolute Gasteiger partial charge is 0.262 e. The molecule has 4 rings (SSSR count). The van der Waals surface area contributed by atoms with Gasteiger partial charge in [-0.05, 0) is 29.1 Å². The molecule has 0 saturated heterocycles. The zero-order valence-corrected chi connectivity index (χ0v) is 13.6. The van der Waals surface area contributed by atoms with Crippen molar-refractivity contribution >= 4 is 28.3 Å². The van der Waals surface area contributed by atoms with Crippen LogP contribution >= 0.6 is 11.3 Å². The Morgan fingerprint density at radius 1 is 1.00 bits per heavy atom.